The number of aliphatic hydroxyl groups is 1. The Morgan fingerprint density at radius 3 is 2.75 bits per heavy atom. The van der Waals surface area contributed by atoms with Crippen LogP contribution in [0.4, 0.5) is 15.8 Å². The second kappa shape index (κ2) is 8.50. The van der Waals surface area contributed by atoms with Gasteiger partial charge < -0.3 is 21.1 Å². The predicted octanol–water partition coefficient (Wildman–Crippen LogP) is 1.44. The van der Waals surface area contributed by atoms with Gasteiger partial charge in [-0.15, -0.1) is 0 Å². The van der Waals surface area contributed by atoms with Crippen LogP contribution in [-0.4, -0.2) is 42.2 Å². The molecule has 0 aliphatic carbocycles. The number of nitrogens with zero attached hydrogens (tertiary/aromatic N) is 1. The summed E-state index contributed by atoms with van der Waals surface area (Å²) in [6.45, 7) is 4.09. The monoisotopic (exact) mass is 283 g/mol. The average Bonchev–Trinajstić information content (AvgIpc) is 2.40. The summed E-state index contributed by atoms with van der Waals surface area (Å²) >= 11 is 0. The Labute approximate surface area is 118 Å². The van der Waals surface area contributed by atoms with Crippen LogP contribution in [0.2, 0.25) is 0 Å². The standard InChI is InChI=1S/C14H22FN3O2/c1-2-6-18(8-9-19)7-5-14(20)17-13-4-3-11(15)10-12(13)16/h3-4,10,19H,2,5-9,16H2,1H3,(H,17,20). The Balaban J connectivity index is 2.46. The second-order valence-corrected chi connectivity index (χ2v) is 4.59. The highest BCUT2D eigenvalue weighted by atomic mass is 19.1. The fraction of sp³-hybridized carbons (Fsp3) is 0.500. The van der Waals surface area contributed by atoms with Crippen LogP contribution in [0.5, 0.6) is 0 Å². The number of anilines is 2. The number of nitrogen functional groups attached to an aromatic ring is 1. The summed E-state index contributed by atoms with van der Waals surface area (Å²) in [5.74, 6) is -0.611. The minimum absolute atomic E-state index is 0.0759. The highest BCUT2D eigenvalue weighted by Crippen LogP contribution is 2.19. The van der Waals surface area contributed by atoms with Gasteiger partial charge in [0.25, 0.3) is 0 Å². The molecule has 0 radical (unpaired) electrons. The van der Waals surface area contributed by atoms with Crippen LogP contribution in [0.25, 0.3) is 0 Å². The SMILES string of the molecule is CCCN(CCO)CCC(=O)Nc1ccc(F)cc1N. The first-order valence-electron chi connectivity index (χ1n) is 6.75. The van der Waals surface area contributed by atoms with Gasteiger partial charge in [-0.05, 0) is 31.2 Å². The maximum absolute atomic E-state index is 12.9. The van der Waals surface area contributed by atoms with E-state index in [2.05, 4.69) is 5.32 Å². The fourth-order valence-electron chi connectivity index (χ4n) is 1.91. The Morgan fingerprint density at radius 2 is 2.15 bits per heavy atom. The number of carbonyl (C=O) groups is 1. The number of nitrogens with two attached hydrogens (primary N) is 1. The van der Waals surface area contributed by atoms with Gasteiger partial charge in [0, 0.05) is 19.5 Å². The lowest BCUT2D eigenvalue weighted by Crippen LogP contribution is -2.31. The van der Waals surface area contributed by atoms with Crippen LogP contribution in [0, 0.1) is 5.82 Å². The minimum Gasteiger partial charge on any atom is -0.397 e. The van der Waals surface area contributed by atoms with Crippen molar-refractivity contribution in [3.05, 3.63) is 24.0 Å². The van der Waals surface area contributed by atoms with Crippen molar-refractivity contribution in [2.75, 3.05) is 37.3 Å². The molecule has 0 bridgehead atoms. The number of hydrogen-bond acceptors (Lipinski definition) is 4. The molecular formula is C14H22FN3O2. The quantitative estimate of drug-likeness (QED) is 0.631. The number of carbonyl (C=O) groups excluding carboxylic acids is 1. The van der Waals surface area contributed by atoms with Gasteiger partial charge in [-0.2, -0.15) is 0 Å². The molecule has 0 heterocycles. The van der Waals surface area contributed by atoms with E-state index in [0.29, 0.717) is 25.2 Å². The number of halogens is 1. The van der Waals surface area contributed by atoms with Crippen LogP contribution >= 0.6 is 0 Å². The Bertz CT molecular complexity index is 434. The zero-order valence-corrected chi connectivity index (χ0v) is 11.7. The lowest BCUT2D eigenvalue weighted by Gasteiger charge is -2.20. The topological polar surface area (TPSA) is 78.6 Å². The first-order valence-corrected chi connectivity index (χ1v) is 6.75. The molecule has 20 heavy (non-hydrogen) atoms. The molecule has 1 rings (SSSR count). The van der Waals surface area contributed by atoms with Crippen molar-refractivity contribution in [3.8, 4) is 0 Å². The van der Waals surface area contributed by atoms with Crippen molar-refractivity contribution >= 4 is 17.3 Å². The van der Waals surface area contributed by atoms with E-state index in [1.807, 2.05) is 11.8 Å². The van der Waals surface area contributed by atoms with E-state index in [4.69, 9.17) is 10.8 Å². The lowest BCUT2D eigenvalue weighted by molar-refractivity contribution is -0.116. The number of nitrogens with one attached hydrogen (secondary N) is 1. The van der Waals surface area contributed by atoms with E-state index in [0.717, 1.165) is 13.0 Å². The van der Waals surface area contributed by atoms with Crippen molar-refractivity contribution in [3.63, 3.8) is 0 Å². The van der Waals surface area contributed by atoms with Gasteiger partial charge in [0.15, 0.2) is 0 Å². The molecule has 0 saturated carbocycles. The minimum atomic E-state index is -0.433. The van der Waals surface area contributed by atoms with E-state index in [9.17, 15) is 9.18 Å². The highest BCUT2D eigenvalue weighted by Gasteiger charge is 2.09. The predicted molar refractivity (Wildman–Crippen MR) is 77.9 cm³/mol. The van der Waals surface area contributed by atoms with E-state index < -0.39 is 5.82 Å². The third kappa shape index (κ3) is 5.54. The zero-order valence-electron chi connectivity index (χ0n) is 11.7. The molecule has 4 N–H and O–H groups in total. The molecule has 1 aromatic carbocycles. The average molecular weight is 283 g/mol. The maximum atomic E-state index is 12.9. The lowest BCUT2D eigenvalue weighted by atomic mass is 10.2. The van der Waals surface area contributed by atoms with Gasteiger partial charge in [0.1, 0.15) is 5.82 Å². The normalized spacial score (nSPS) is 10.8. The van der Waals surface area contributed by atoms with Gasteiger partial charge in [-0.3, -0.25) is 4.79 Å². The van der Waals surface area contributed by atoms with Crippen LogP contribution in [0.15, 0.2) is 18.2 Å². The van der Waals surface area contributed by atoms with Crippen molar-refractivity contribution in [2.24, 2.45) is 0 Å². The van der Waals surface area contributed by atoms with Crippen LogP contribution < -0.4 is 11.1 Å². The van der Waals surface area contributed by atoms with Crippen molar-refractivity contribution in [2.45, 2.75) is 19.8 Å². The Kier molecular flexibility index (Phi) is 6.97. The zero-order chi connectivity index (χ0) is 15.0. The molecule has 1 aromatic rings. The maximum Gasteiger partial charge on any atom is 0.225 e. The smallest absolute Gasteiger partial charge is 0.225 e. The van der Waals surface area contributed by atoms with Crippen LogP contribution in [0.3, 0.4) is 0 Å². The summed E-state index contributed by atoms with van der Waals surface area (Å²) in [6.07, 6.45) is 1.27. The van der Waals surface area contributed by atoms with Gasteiger partial charge in [-0.25, -0.2) is 4.39 Å². The Hall–Kier alpha value is -1.66. The molecule has 0 atom stereocenters. The number of aliphatic hydroxyl groups excluding tert-OH is 1. The summed E-state index contributed by atoms with van der Waals surface area (Å²) in [6, 6.07) is 3.87. The van der Waals surface area contributed by atoms with Crippen molar-refractivity contribution < 1.29 is 14.3 Å². The molecule has 5 nitrogen and oxygen atoms in total. The first kappa shape index (κ1) is 16.4. The van der Waals surface area contributed by atoms with Crippen LogP contribution in [0.1, 0.15) is 19.8 Å². The summed E-state index contributed by atoms with van der Waals surface area (Å²) in [7, 11) is 0. The van der Waals surface area contributed by atoms with Gasteiger partial charge in [-0.1, -0.05) is 6.92 Å². The summed E-state index contributed by atoms with van der Waals surface area (Å²) in [5.41, 5.74) is 6.25. The molecular weight excluding hydrogens is 261 g/mol. The third-order valence-corrected chi connectivity index (χ3v) is 2.90. The number of hydrogen-bond donors (Lipinski definition) is 3. The molecule has 6 heteroatoms. The van der Waals surface area contributed by atoms with Gasteiger partial charge >= 0.3 is 0 Å². The van der Waals surface area contributed by atoms with Crippen LogP contribution in [-0.2, 0) is 4.79 Å². The van der Waals surface area contributed by atoms with E-state index in [-0.39, 0.29) is 18.2 Å². The summed E-state index contributed by atoms with van der Waals surface area (Å²) in [4.78, 5) is 13.8. The molecule has 0 aromatic heterocycles. The van der Waals surface area contributed by atoms with Crippen molar-refractivity contribution in [1.82, 2.24) is 4.90 Å². The molecule has 112 valence electrons. The largest absolute Gasteiger partial charge is 0.397 e. The molecule has 0 unspecified atom stereocenters. The second-order valence-electron chi connectivity index (χ2n) is 4.59. The number of rotatable bonds is 8. The highest BCUT2D eigenvalue weighted by molar-refractivity contribution is 5.93. The molecule has 0 fully saturated rings. The Morgan fingerprint density at radius 1 is 1.40 bits per heavy atom. The summed E-state index contributed by atoms with van der Waals surface area (Å²) in [5, 5.41) is 11.6. The molecule has 0 aliphatic heterocycles. The first-order chi connectivity index (χ1) is 9.56. The van der Waals surface area contributed by atoms with Crippen molar-refractivity contribution in [1.29, 1.82) is 0 Å². The summed E-state index contributed by atoms with van der Waals surface area (Å²) < 4.78 is 12.9. The molecule has 0 spiro atoms. The van der Waals surface area contributed by atoms with E-state index >= 15 is 0 Å². The van der Waals surface area contributed by atoms with E-state index in [1.54, 1.807) is 0 Å². The fourth-order valence-corrected chi connectivity index (χ4v) is 1.91. The third-order valence-electron chi connectivity index (χ3n) is 2.90. The molecule has 0 saturated heterocycles. The van der Waals surface area contributed by atoms with Gasteiger partial charge in [0.05, 0.1) is 18.0 Å². The number of benzene rings is 1. The van der Waals surface area contributed by atoms with Gasteiger partial charge in [0.2, 0.25) is 5.91 Å². The number of amides is 1. The molecule has 1 amide bonds. The molecule has 0 aliphatic rings. The van der Waals surface area contributed by atoms with E-state index in [1.165, 1.54) is 18.2 Å².